The molecule has 0 saturated heterocycles. The van der Waals surface area contributed by atoms with Gasteiger partial charge >= 0.3 is 39.5 Å². The number of esters is 4. The predicted octanol–water partition coefficient (Wildman–Crippen LogP) is 10.8. The molecule has 0 spiro atoms. The van der Waals surface area contributed by atoms with Crippen LogP contribution in [-0.4, -0.2) is 76.4 Å². The minimum absolute atomic E-state index is 0.0442. The zero-order valence-corrected chi connectivity index (χ0v) is 42.5. The van der Waals surface area contributed by atoms with E-state index in [4.69, 9.17) is 34.1 Å². The van der Waals surface area contributed by atoms with Crippen molar-refractivity contribution in [2.45, 2.75) is 108 Å². The number of benzene rings is 4. The number of phenols is 1. The predicted molar refractivity (Wildman–Crippen MR) is 263 cm³/mol. The standard InChI is InChI=1S/C14H15F3O5S.C14H15NO2.C14H18O3.C13H16O3/c1-2-21-13(18)11-7-10(8-11)9-3-5-12(6-4-9)22-23(19,20)14(15,16)17;1-2-17-14(16)13-7-12(8-13)11-5-3-10(9-15)4-6-11;1-3-17-14(15)12-8-11(9-12)10-4-6-13(16-2)7-5-10;1-2-16-13(15)11-7-10(8-11)9-3-5-12(14)6-4-9/h3-6,10-11H,2,7-8H2,1H3;3-6,12-13H,2,7-8H2,1H3;4-7,11-12H,3,8-9H2,1-2H3;3-6,10-11,14H,2,7-8H2,1H3. The number of ether oxygens (including phenoxy) is 5. The van der Waals surface area contributed by atoms with Gasteiger partial charge in [-0.2, -0.15) is 26.9 Å². The number of phenolic OH excluding ortho intramolecular Hbond substituents is 1. The lowest BCUT2D eigenvalue weighted by Crippen LogP contribution is -2.30. The summed E-state index contributed by atoms with van der Waals surface area (Å²) in [5.41, 5.74) is -0.293. The van der Waals surface area contributed by atoms with E-state index < -0.39 is 21.4 Å². The Labute approximate surface area is 425 Å². The van der Waals surface area contributed by atoms with Crippen LogP contribution >= 0.6 is 0 Å². The number of methoxy groups -OCH3 is 1. The van der Waals surface area contributed by atoms with E-state index >= 15 is 0 Å². The lowest BCUT2D eigenvalue weighted by molar-refractivity contribution is -0.152. The van der Waals surface area contributed by atoms with Gasteiger partial charge in [-0.15, -0.1) is 0 Å². The van der Waals surface area contributed by atoms with Crippen LogP contribution < -0.4 is 8.92 Å². The summed E-state index contributed by atoms with van der Waals surface area (Å²) in [5.74, 6) is 1.84. The molecule has 0 atom stereocenters. The van der Waals surface area contributed by atoms with E-state index in [0.29, 0.717) is 62.6 Å². The van der Waals surface area contributed by atoms with Crippen molar-refractivity contribution in [3.05, 3.63) is 125 Å². The number of carbonyl (C=O) groups is 4. The SMILES string of the molecule is CCOC(=O)C1CC(c2ccc(C#N)cc2)C1.CCOC(=O)C1CC(c2ccc(O)cc2)C1.CCOC(=O)C1CC(c2ccc(OC)cc2)C1.CCOC(=O)C1CC(c2ccc(OS(=O)(=O)C(F)(F)F)cc2)C1. The summed E-state index contributed by atoms with van der Waals surface area (Å²) in [7, 11) is -4.00. The molecule has 0 aliphatic heterocycles. The monoisotopic (exact) mass is 1040 g/mol. The molecular formula is C55H64F3NO13S. The topological polar surface area (TPSA) is 202 Å². The number of carbonyl (C=O) groups excluding carboxylic acids is 4. The van der Waals surface area contributed by atoms with Gasteiger partial charge in [-0.25, -0.2) is 0 Å². The quantitative estimate of drug-likeness (QED) is 0.0510. The summed E-state index contributed by atoms with van der Waals surface area (Å²) >= 11 is 0. The molecule has 0 aromatic heterocycles. The van der Waals surface area contributed by atoms with Crippen LogP contribution in [0.15, 0.2) is 97.1 Å². The first kappa shape index (κ1) is 57.3. The second-order valence-corrected chi connectivity index (χ2v) is 19.7. The van der Waals surface area contributed by atoms with Gasteiger partial charge in [-0.3, -0.25) is 19.2 Å². The average Bonchev–Trinajstić information content (AvgIpc) is 3.29. The van der Waals surface area contributed by atoms with Crippen molar-refractivity contribution >= 4 is 34.0 Å². The maximum Gasteiger partial charge on any atom is 0.534 e. The molecule has 18 heteroatoms. The van der Waals surface area contributed by atoms with E-state index in [9.17, 15) is 40.8 Å². The highest BCUT2D eigenvalue weighted by atomic mass is 32.2. The fourth-order valence-electron chi connectivity index (χ4n) is 8.79. The van der Waals surface area contributed by atoms with Gasteiger partial charge < -0.3 is 33.0 Å². The molecule has 0 heterocycles. The van der Waals surface area contributed by atoms with Gasteiger partial charge in [0.25, 0.3) is 0 Å². The molecule has 4 aromatic carbocycles. The number of hydrogen-bond donors (Lipinski definition) is 1. The van der Waals surface area contributed by atoms with Crippen LogP contribution in [0.5, 0.6) is 17.2 Å². The van der Waals surface area contributed by atoms with Crippen LogP contribution in [0.4, 0.5) is 13.2 Å². The molecule has 14 nitrogen and oxygen atoms in total. The van der Waals surface area contributed by atoms with Crippen LogP contribution in [0.25, 0.3) is 0 Å². The van der Waals surface area contributed by atoms with Crippen molar-refractivity contribution < 1.29 is 73.7 Å². The Morgan fingerprint density at radius 2 is 0.795 bits per heavy atom. The van der Waals surface area contributed by atoms with Crippen LogP contribution in [0.1, 0.15) is 131 Å². The Balaban J connectivity index is 0.000000182. The molecule has 1 N–H and O–H groups in total. The Kier molecular flexibility index (Phi) is 21.1. The third-order valence-electron chi connectivity index (χ3n) is 13.3. The van der Waals surface area contributed by atoms with Gasteiger partial charge in [-0.05, 0) is 174 Å². The van der Waals surface area contributed by atoms with Gasteiger partial charge in [0.15, 0.2) is 0 Å². The summed E-state index contributed by atoms with van der Waals surface area (Å²) < 4.78 is 87.4. The summed E-state index contributed by atoms with van der Waals surface area (Å²) in [5, 5.41) is 17.9. The summed E-state index contributed by atoms with van der Waals surface area (Å²) in [6.45, 7) is 8.93. The van der Waals surface area contributed by atoms with Gasteiger partial charge in [0.1, 0.15) is 17.2 Å². The highest BCUT2D eigenvalue weighted by molar-refractivity contribution is 7.88. The van der Waals surface area contributed by atoms with Crippen molar-refractivity contribution in [3.63, 3.8) is 0 Å². The van der Waals surface area contributed by atoms with E-state index in [1.807, 2.05) is 69.3 Å². The molecule has 4 aliphatic carbocycles. The first-order chi connectivity index (χ1) is 34.8. The molecule has 8 rings (SSSR count). The lowest BCUT2D eigenvalue weighted by atomic mass is 9.71. The largest absolute Gasteiger partial charge is 0.534 e. The van der Waals surface area contributed by atoms with Crippen molar-refractivity contribution in [3.8, 4) is 23.3 Å². The maximum atomic E-state index is 12.2. The number of alkyl halides is 3. The van der Waals surface area contributed by atoms with Crippen LogP contribution in [0.2, 0.25) is 0 Å². The normalized spacial score (nSPS) is 22.4. The Morgan fingerprint density at radius 1 is 0.521 bits per heavy atom. The Bertz CT molecular complexity index is 2560. The number of nitrogens with zero attached hydrogens (tertiary/aromatic N) is 1. The number of rotatable bonds is 15. The van der Waals surface area contributed by atoms with E-state index in [1.165, 1.54) is 28.8 Å². The minimum atomic E-state index is -5.66. The highest BCUT2D eigenvalue weighted by Gasteiger charge is 2.48. The Hall–Kier alpha value is -6.61. The molecule has 0 radical (unpaired) electrons. The molecule has 0 bridgehead atoms. The van der Waals surface area contributed by atoms with E-state index in [0.717, 1.165) is 62.0 Å². The molecule has 394 valence electrons. The molecule has 73 heavy (non-hydrogen) atoms. The van der Waals surface area contributed by atoms with Crippen LogP contribution in [0, 0.1) is 35.0 Å². The maximum absolute atomic E-state index is 12.2. The molecule has 4 saturated carbocycles. The fourth-order valence-corrected chi connectivity index (χ4v) is 9.25. The number of hydrogen-bond acceptors (Lipinski definition) is 14. The van der Waals surface area contributed by atoms with Gasteiger partial charge in [0, 0.05) is 0 Å². The van der Waals surface area contributed by atoms with Crippen LogP contribution in [-0.2, 0) is 48.2 Å². The smallest absolute Gasteiger partial charge is 0.508 e. The van der Waals surface area contributed by atoms with Crippen molar-refractivity contribution in [1.29, 1.82) is 5.26 Å². The summed E-state index contributed by atoms with van der Waals surface area (Å²) in [6, 6.07) is 30.3. The van der Waals surface area contributed by atoms with Gasteiger partial charge in [0.05, 0.1) is 68.8 Å². The average molecular weight is 1040 g/mol. The molecule has 0 unspecified atom stereocenters. The Morgan fingerprint density at radius 3 is 1.05 bits per heavy atom. The first-order valence-corrected chi connectivity index (χ1v) is 25.9. The molecule has 4 aliphatic rings. The van der Waals surface area contributed by atoms with Crippen molar-refractivity contribution in [2.75, 3.05) is 33.5 Å². The minimum Gasteiger partial charge on any atom is -0.508 e. The van der Waals surface area contributed by atoms with E-state index in [-0.39, 0.29) is 59.2 Å². The fraction of sp³-hybridized carbons (Fsp3) is 0.473. The highest BCUT2D eigenvalue weighted by Crippen LogP contribution is 2.45. The zero-order chi connectivity index (χ0) is 53.3. The van der Waals surface area contributed by atoms with Crippen molar-refractivity contribution in [1.82, 2.24) is 0 Å². The number of aromatic hydroxyl groups is 1. The third-order valence-corrected chi connectivity index (χ3v) is 14.3. The zero-order valence-electron chi connectivity index (χ0n) is 41.7. The summed E-state index contributed by atoms with van der Waals surface area (Å²) in [6.07, 6.45) is 6.47. The molecule has 4 fully saturated rings. The second-order valence-electron chi connectivity index (χ2n) is 18.1. The third kappa shape index (κ3) is 16.2. The van der Waals surface area contributed by atoms with Crippen molar-refractivity contribution in [2.24, 2.45) is 23.7 Å². The van der Waals surface area contributed by atoms with E-state index in [2.05, 4.69) is 22.4 Å². The molecular weight excluding hydrogens is 972 g/mol. The number of nitriles is 1. The number of halogens is 3. The first-order valence-electron chi connectivity index (χ1n) is 24.5. The second kappa shape index (κ2) is 26.9. The van der Waals surface area contributed by atoms with E-state index in [1.54, 1.807) is 26.2 Å². The van der Waals surface area contributed by atoms with Crippen LogP contribution in [0.3, 0.4) is 0 Å². The van der Waals surface area contributed by atoms with Gasteiger partial charge in [-0.1, -0.05) is 48.5 Å². The molecule has 0 amide bonds. The summed E-state index contributed by atoms with van der Waals surface area (Å²) in [4.78, 5) is 45.8. The lowest BCUT2D eigenvalue weighted by Gasteiger charge is -2.33. The van der Waals surface area contributed by atoms with Gasteiger partial charge in [0.2, 0.25) is 0 Å². The molecule has 4 aromatic rings.